The molecule has 0 aromatic heterocycles. The zero-order valence-electron chi connectivity index (χ0n) is 12.8. The molecule has 22 heavy (non-hydrogen) atoms. The third kappa shape index (κ3) is 2.74. The Morgan fingerprint density at radius 2 is 1.77 bits per heavy atom. The second-order valence-corrected chi connectivity index (χ2v) is 7.39. The van der Waals surface area contributed by atoms with Gasteiger partial charge in [0, 0.05) is 19.3 Å². The summed E-state index contributed by atoms with van der Waals surface area (Å²) in [7, 11) is -1.49. The quantitative estimate of drug-likeness (QED) is 0.947. The Bertz CT molecular complexity index is 787. The van der Waals surface area contributed by atoms with Crippen LogP contribution in [0, 0.1) is 6.92 Å². The zero-order valence-corrected chi connectivity index (χ0v) is 13.6. The van der Waals surface area contributed by atoms with Crippen molar-refractivity contribution < 1.29 is 8.42 Å². The molecule has 1 unspecified atom stereocenters. The van der Waals surface area contributed by atoms with Crippen LogP contribution in [0.25, 0.3) is 0 Å². The van der Waals surface area contributed by atoms with E-state index in [4.69, 9.17) is 0 Å². The first-order valence-corrected chi connectivity index (χ1v) is 8.85. The topological polar surface area (TPSA) is 49.4 Å². The Hall–Kier alpha value is -1.85. The largest absolute Gasteiger partial charge is 0.374 e. The van der Waals surface area contributed by atoms with Gasteiger partial charge in [0.05, 0.1) is 10.9 Å². The average Bonchev–Trinajstić information content (AvgIpc) is 2.50. The van der Waals surface area contributed by atoms with E-state index in [1.807, 2.05) is 50.4 Å². The fourth-order valence-electron chi connectivity index (χ4n) is 2.96. The maximum Gasteiger partial charge on any atom is 0.241 e. The molecule has 1 atom stereocenters. The molecule has 0 saturated carbocycles. The van der Waals surface area contributed by atoms with E-state index in [1.54, 1.807) is 12.1 Å². The number of hydrogen-bond acceptors (Lipinski definition) is 3. The van der Waals surface area contributed by atoms with Gasteiger partial charge < -0.3 is 4.90 Å². The monoisotopic (exact) mass is 316 g/mol. The lowest BCUT2D eigenvalue weighted by atomic mass is 9.98. The predicted octanol–water partition coefficient (Wildman–Crippen LogP) is 2.85. The van der Waals surface area contributed by atoms with E-state index in [-0.39, 0.29) is 6.04 Å². The minimum atomic E-state index is -3.52. The number of hydrogen-bond donors (Lipinski definition) is 1. The molecule has 116 valence electrons. The SMILES string of the molecule is Cc1ccccc1S(=O)(=O)NC1CCN(C)c2ccccc21. The van der Waals surface area contributed by atoms with Gasteiger partial charge in [0.15, 0.2) is 0 Å². The summed E-state index contributed by atoms with van der Waals surface area (Å²) in [5.41, 5.74) is 2.89. The molecule has 1 aliphatic heterocycles. The Morgan fingerprint density at radius 1 is 1.09 bits per heavy atom. The van der Waals surface area contributed by atoms with E-state index < -0.39 is 10.0 Å². The molecule has 4 nitrogen and oxygen atoms in total. The molecule has 0 amide bonds. The summed E-state index contributed by atoms with van der Waals surface area (Å²) in [6.07, 6.45) is 0.763. The van der Waals surface area contributed by atoms with E-state index in [9.17, 15) is 8.42 Å². The van der Waals surface area contributed by atoms with Crippen molar-refractivity contribution in [3.63, 3.8) is 0 Å². The number of rotatable bonds is 3. The normalized spacial score (nSPS) is 18.1. The molecule has 3 rings (SSSR count). The van der Waals surface area contributed by atoms with Gasteiger partial charge in [-0.2, -0.15) is 0 Å². The fraction of sp³-hybridized carbons (Fsp3) is 0.294. The van der Waals surface area contributed by atoms with Crippen LogP contribution in [0.2, 0.25) is 0 Å². The van der Waals surface area contributed by atoms with Crippen molar-refractivity contribution in [2.75, 3.05) is 18.5 Å². The molecule has 0 saturated heterocycles. The van der Waals surface area contributed by atoms with Gasteiger partial charge in [-0.15, -0.1) is 0 Å². The second kappa shape index (κ2) is 5.74. The zero-order chi connectivity index (χ0) is 15.7. The summed E-state index contributed by atoms with van der Waals surface area (Å²) in [6, 6.07) is 14.8. The molecule has 2 aromatic carbocycles. The standard InChI is InChI=1S/C17H20N2O2S/c1-13-7-3-6-10-17(13)22(20,21)18-15-11-12-19(2)16-9-5-4-8-14(15)16/h3-10,15,18H,11-12H2,1-2H3. The van der Waals surface area contributed by atoms with Crippen molar-refractivity contribution in [1.29, 1.82) is 0 Å². The summed E-state index contributed by atoms with van der Waals surface area (Å²) in [5.74, 6) is 0. The maximum absolute atomic E-state index is 12.7. The van der Waals surface area contributed by atoms with Crippen molar-refractivity contribution in [1.82, 2.24) is 4.72 Å². The second-order valence-electron chi connectivity index (χ2n) is 5.71. The highest BCUT2D eigenvalue weighted by Crippen LogP contribution is 2.33. The van der Waals surface area contributed by atoms with Gasteiger partial charge in [0.25, 0.3) is 0 Å². The molecule has 1 heterocycles. The molecule has 0 fully saturated rings. The number of sulfonamides is 1. The van der Waals surface area contributed by atoms with Crippen molar-refractivity contribution in [2.45, 2.75) is 24.3 Å². The number of nitrogens with zero attached hydrogens (tertiary/aromatic N) is 1. The van der Waals surface area contributed by atoms with Crippen LogP contribution in [0.1, 0.15) is 23.6 Å². The van der Waals surface area contributed by atoms with Crippen molar-refractivity contribution in [2.24, 2.45) is 0 Å². The lowest BCUT2D eigenvalue weighted by molar-refractivity contribution is 0.528. The van der Waals surface area contributed by atoms with Gasteiger partial charge >= 0.3 is 0 Å². The number of fused-ring (bicyclic) bond motifs is 1. The molecule has 0 aliphatic carbocycles. The van der Waals surface area contributed by atoms with E-state index in [1.165, 1.54) is 0 Å². The Labute approximate surface area is 131 Å². The molecule has 2 aromatic rings. The van der Waals surface area contributed by atoms with E-state index in [0.717, 1.165) is 29.8 Å². The molecule has 5 heteroatoms. The minimum Gasteiger partial charge on any atom is -0.374 e. The molecular formula is C17H20N2O2S. The Kier molecular flexibility index (Phi) is 3.93. The van der Waals surface area contributed by atoms with Crippen LogP contribution in [-0.2, 0) is 10.0 Å². The number of aryl methyl sites for hydroxylation is 1. The summed E-state index contributed by atoms with van der Waals surface area (Å²) in [5, 5.41) is 0. The van der Waals surface area contributed by atoms with Gasteiger partial charge in [0.2, 0.25) is 10.0 Å². The Morgan fingerprint density at radius 3 is 2.55 bits per heavy atom. The molecule has 0 bridgehead atoms. The summed E-state index contributed by atoms with van der Waals surface area (Å²) >= 11 is 0. The minimum absolute atomic E-state index is 0.183. The van der Waals surface area contributed by atoms with E-state index in [2.05, 4.69) is 9.62 Å². The number of anilines is 1. The first-order chi connectivity index (χ1) is 10.5. The van der Waals surface area contributed by atoms with Gasteiger partial charge in [-0.05, 0) is 36.6 Å². The fourth-order valence-corrected chi connectivity index (χ4v) is 4.46. The lowest BCUT2D eigenvalue weighted by Crippen LogP contribution is -2.36. The average molecular weight is 316 g/mol. The molecule has 0 spiro atoms. The molecular weight excluding hydrogens is 296 g/mol. The van der Waals surface area contributed by atoms with Crippen molar-refractivity contribution in [3.05, 3.63) is 59.7 Å². The number of nitrogens with one attached hydrogen (secondary N) is 1. The van der Waals surface area contributed by atoms with E-state index in [0.29, 0.717) is 4.90 Å². The van der Waals surface area contributed by atoms with Crippen molar-refractivity contribution in [3.8, 4) is 0 Å². The Balaban J connectivity index is 1.94. The van der Waals surface area contributed by atoms with Gasteiger partial charge in [-0.1, -0.05) is 36.4 Å². The molecule has 0 radical (unpaired) electrons. The van der Waals surface area contributed by atoms with Gasteiger partial charge in [-0.3, -0.25) is 0 Å². The first kappa shape index (κ1) is 15.1. The van der Waals surface area contributed by atoms with Crippen LogP contribution >= 0.6 is 0 Å². The van der Waals surface area contributed by atoms with Crippen molar-refractivity contribution >= 4 is 15.7 Å². The molecule has 1 N–H and O–H groups in total. The van der Waals surface area contributed by atoms with E-state index >= 15 is 0 Å². The van der Waals surface area contributed by atoms with Crippen LogP contribution in [-0.4, -0.2) is 22.0 Å². The summed E-state index contributed by atoms with van der Waals surface area (Å²) in [6.45, 7) is 2.65. The first-order valence-electron chi connectivity index (χ1n) is 7.37. The van der Waals surface area contributed by atoms with Crippen LogP contribution in [0.15, 0.2) is 53.4 Å². The maximum atomic E-state index is 12.7. The van der Waals surface area contributed by atoms with Gasteiger partial charge in [-0.25, -0.2) is 13.1 Å². The van der Waals surface area contributed by atoms with Gasteiger partial charge in [0.1, 0.15) is 0 Å². The smallest absolute Gasteiger partial charge is 0.241 e. The highest BCUT2D eigenvalue weighted by Gasteiger charge is 2.28. The third-order valence-electron chi connectivity index (χ3n) is 4.16. The summed E-state index contributed by atoms with van der Waals surface area (Å²) in [4.78, 5) is 2.51. The summed E-state index contributed by atoms with van der Waals surface area (Å²) < 4.78 is 28.3. The third-order valence-corrected chi connectivity index (χ3v) is 5.79. The lowest BCUT2D eigenvalue weighted by Gasteiger charge is -2.33. The van der Waals surface area contributed by atoms with Crippen LogP contribution in [0.3, 0.4) is 0 Å². The predicted molar refractivity (Wildman–Crippen MR) is 88.6 cm³/mol. The number of para-hydroxylation sites is 1. The highest BCUT2D eigenvalue weighted by atomic mass is 32.2. The highest BCUT2D eigenvalue weighted by molar-refractivity contribution is 7.89. The van der Waals surface area contributed by atoms with Crippen LogP contribution in [0.5, 0.6) is 0 Å². The number of benzene rings is 2. The van der Waals surface area contributed by atoms with Crippen LogP contribution in [0.4, 0.5) is 5.69 Å². The molecule has 1 aliphatic rings. The van der Waals surface area contributed by atoms with Crippen LogP contribution < -0.4 is 9.62 Å².